The van der Waals surface area contributed by atoms with Gasteiger partial charge in [0.15, 0.2) is 0 Å². The molecule has 1 fully saturated rings. The Morgan fingerprint density at radius 1 is 1.62 bits per heavy atom. The maximum Gasteiger partial charge on any atom is 0.245 e. The molecule has 0 amide bonds. The lowest BCUT2D eigenvalue weighted by Gasteiger charge is -2.11. The molecule has 90 valence electrons. The van der Waals surface area contributed by atoms with E-state index in [-0.39, 0.29) is 6.61 Å². The molecule has 0 aromatic carbocycles. The van der Waals surface area contributed by atoms with E-state index in [4.69, 9.17) is 4.74 Å². The van der Waals surface area contributed by atoms with E-state index >= 15 is 0 Å². The van der Waals surface area contributed by atoms with E-state index in [0.717, 1.165) is 24.2 Å². The molecule has 0 radical (unpaired) electrons. The van der Waals surface area contributed by atoms with Gasteiger partial charge in [0.05, 0.1) is 11.7 Å². The van der Waals surface area contributed by atoms with Crippen LogP contribution in [0.1, 0.15) is 19.3 Å². The zero-order chi connectivity index (χ0) is 11.2. The highest BCUT2D eigenvalue weighted by Crippen LogP contribution is 2.31. The van der Waals surface area contributed by atoms with Crippen LogP contribution in [0.15, 0.2) is 6.20 Å². The number of ether oxygens (including phenoxy) is 1. The van der Waals surface area contributed by atoms with Crippen molar-refractivity contribution in [1.29, 1.82) is 0 Å². The summed E-state index contributed by atoms with van der Waals surface area (Å²) in [6.45, 7) is 1.83. The second kappa shape index (κ2) is 6.12. The number of nitrogens with zero attached hydrogens (tertiary/aromatic N) is 2. The molecule has 2 rings (SSSR count). The van der Waals surface area contributed by atoms with E-state index in [1.165, 1.54) is 19.3 Å². The van der Waals surface area contributed by atoms with Crippen LogP contribution in [0.3, 0.4) is 0 Å². The molecule has 16 heavy (non-hydrogen) atoms. The first-order chi connectivity index (χ1) is 7.84. The molecular weight excluding hydrogens is 226 g/mol. The van der Waals surface area contributed by atoms with Crippen LogP contribution in [0.4, 0.5) is 0 Å². The highest BCUT2D eigenvalue weighted by molar-refractivity contribution is 6.99. The molecule has 0 aliphatic heterocycles. The topological polar surface area (TPSA) is 67.3 Å². The summed E-state index contributed by atoms with van der Waals surface area (Å²) in [7, 11) is 0. The van der Waals surface area contributed by atoms with Crippen molar-refractivity contribution >= 4 is 11.7 Å². The molecule has 0 spiro atoms. The quantitative estimate of drug-likeness (QED) is 0.657. The van der Waals surface area contributed by atoms with Crippen molar-refractivity contribution in [3.05, 3.63) is 6.20 Å². The predicted octanol–water partition coefficient (Wildman–Crippen LogP) is 0.667. The van der Waals surface area contributed by atoms with E-state index in [2.05, 4.69) is 14.1 Å². The smallest absolute Gasteiger partial charge is 0.245 e. The van der Waals surface area contributed by atoms with Crippen LogP contribution in [-0.4, -0.2) is 39.7 Å². The van der Waals surface area contributed by atoms with Crippen molar-refractivity contribution in [1.82, 2.24) is 14.1 Å². The number of rotatable bonds is 8. The van der Waals surface area contributed by atoms with Gasteiger partial charge in [0.2, 0.25) is 5.88 Å². The van der Waals surface area contributed by atoms with Crippen molar-refractivity contribution in [3.63, 3.8) is 0 Å². The summed E-state index contributed by atoms with van der Waals surface area (Å²) in [6.07, 6.45) is 5.05. The molecule has 1 aliphatic carbocycles. The standard InChI is InChI=1S/C10H17N3O2S/c14-9(5-11-4-3-8-1-2-8)7-15-10-6-12-16-13-10/h6,8-9,11,14H,1-5,7H2. The summed E-state index contributed by atoms with van der Waals surface area (Å²) in [5.41, 5.74) is 0. The summed E-state index contributed by atoms with van der Waals surface area (Å²) >= 11 is 1.10. The fourth-order valence-corrected chi connectivity index (χ4v) is 1.81. The van der Waals surface area contributed by atoms with E-state index in [1.54, 1.807) is 6.20 Å². The molecule has 1 aromatic heterocycles. The lowest BCUT2D eigenvalue weighted by atomic mass is 10.3. The number of hydrogen-bond donors (Lipinski definition) is 2. The Kier molecular flexibility index (Phi) is 4.50. The van der Waals surface area contributed by atoms with E-state index in [9.17, 15) is 5.11 Å². The molecule has 1 aliphatic rings. The second-order valence-electron chi connectivity index (χ2n) is 4.15. The first-order valence-electron chi connectivity index (χ1n) is 5.63. The van der Waals surface area contributed by atoms with Gasteiger partial charge in [-0.1, -0.05) is 12.8 Å². The Balaban J connectivity index is 1.48. The summed E-state index contributed by atoms with van der Waals surface area (Å²) < 4.78 is 12.9. The van der Waals surface area contributed by atoms with Crippen LogP contribution < -0.4 is 10.1 Å². The molecule has 6 heteroatoms. The average molecular weight is 243 g/mol. The molecule has 1 heterocycles. The first kappa shape index (κ1) is 11.8. The van der Waals surface area contributed by atoms with Gasteiger partial charge in [0.25, 0.3) is 0 Å². The highest BCUT2D eigenvalue weighted by Gasteiger charge is 2.20. The van der Waals surface area contributed by atoms with Crippen LogP contribution in [0.25, 0.3) is 0 Å². The van der Waals surface area contributed by atoms with Gasteiger partial charge in [-0.3, -0.25) is 0 Å². The zero-order valence-electron chi connectivity index (χ0n) is 9.13. The SMILES string of the molecule is OC(CNCCC1CC1)COc1cnsn1. The number of aliphatic hydroxyl groups excluding tert-OH is 1. The lowest BCUT2D eigenvalue weighted by molar-refractivity contribution is 0.104. The normalized spacial score (nSPS) is 17.3. The molecule has 1 aromatic rings. The van der Waals surface area contributed by atoms with Crippen LogP contribution in [-0.2, 0) is 0 Å². The maximum absolute atomic E-state index is 9.60. The van der Waals surface area contributed by atoms with Crippen LogP contribution in [0, 0.1) is 5.92 Å². The highest BCUT2D eigenvalue weighted by atomic mass is 32.1. The molecule has 1 atom stereocenters. The number of hydrogen-bond acceptors (Lipinski definition) is 6. The van der Waals surface area contributed by atoms with Crippen LogP contribution >= 0.6 is 11.7 Å². The number of aliphatic hydroxyl groups is 1. The van der Waals surface area contributed by atoms with E-state index in [0.29, 0.717) is 12.4 Å². The van der Waals surface area contributed by atoms with Crippen molar-refractivity contribution < 1.29 is 9.84 Å². The molecule has 5 nitrogen and oxygen atoms in total. The third-order valence-corrected chi connectivity index (χ3v) is 3.03. The molecule has 0 bridgehead atoms. The number of nitrogens with one attached hydrogen (secondary N) is 1. The Labute approximate surface area is 99.2 Å². The Morgan fingerprint density at radius 3 is 3.19 bits per heavy atom. The van der Waals surface area contributed by atoms with Gasteiger partial charge in [-0.15, -0.1) is 4.37 Å². The fourth-order valence-electron chi connectivity index (χ4n) is 1.44. The van der Waals surface area contributed by atoms with Gasteiger partial charge in [-0.25, -0.2) is 0 Å². The second-order valence-corrected chi connectivity index (χ2v) is 4.70. The summed E-state index contributed by atoms with van der Waals surface area (Å²) in [5.74, 6) is 1.42. The van der Waals surface area contributed by atoms with E-state index in [1.807, 2.05) is 0 Å². The van der Waals surface area contributed by atoms with Gasteiger partial charge in [0.1, 0.15) is 18.9 Å². The zero-order valence-corrected chi connectivity index (χ0v) is 9.95. The molecule has 0 saturated heterocycles. The Morgan fingerprint density at radius 2 is 2.50 bits per heavy atom. The summed E-state index contributed by atoms with van der Waals surface area (Å²) in [4.78, 5) is 0. The molecule has 2 N–H and O–H groups in total. The van der Waals surface area contributed by atoms with Crippen LogP contribution in [0.2, 0.25) is 0 Å². The van der Waals surface area contributed by atoms with Crippen molar-refractivity contribution in [2.24, 2.45) is 5.92 Å². The largest absolute Gasteiger partial charge is 0.473 e. The molecular formula is C10H17N3O2S. The monoisotopic (exact) mass is 243 g/mol. The van der Waals surface area contributed by atoms with Crippen molar-refractivity contribution in [2.75, 3.05) is 19.7 Å². The summed E-state index contributed by atoms with van der Waals surface area (Å²) in [6, 6.07) is 0. The Bertz CT molecular complexity index is 290. The van der Waals surface area contributed by atoms with Gasteiger partial charge < -0.3 is 15.2 Å². The van der Waals surface area contributed by atoms with Gasteiger partial charge in [-0.05, 0) is 18.9 Å². The molecule has 1 saturated carbocycles. The van der Waals surface area contributed by atoms with Gasteiger partial charge >= 0.3 is 0 Å². The molecule has 1 unspecified atom stereocenters. The van der Waals surface area contributed by atoms with Crippen molar-refractivity contribution in [3.8, 4) is 5.88 Å². The fraction of sp³-hybridized carbons (Fsp3) is 0.800. The van der Waals surface area contributed by atoms with Gasteiger partial charge in [0, 0.05) is 6.54 Å². The third-order valence-electron chi connectivity index (χ3n) is 2.57. The van der Waals surface area contributed by atoms with Gasteiger partial charge in [-0.2, -0.15) is 4.37 Å². The number of aromatic nitrogens is 2. The maximum atomic E-state index is 9.60. The average Bonchev–Trinajstić information content (AvgIpc) is 2.96. The van der Waals surface area contributed by atoms with E-state index < -0.39 is 6.10 Å². The van der Waals surface area contributed by atoms with Crippen molar-refractivity contribution in [2.45, 2.75) is 25.4 Å². The minimum atomic E-state index is -0.485. The Hall–Kier alpha value is -0.720. The van der Waals surface area contributed by atoms with Crippen LogP contribution in [0.5, 0.6) is 5.88 Å². The third kappa shape index (κ3) is 4.42. The minimum absolute atomic E-state index is 0.266. The lowest BCUT2D eigenvalue weighted by Crippen LogP contribution is -2.32. The first-order valence-corrected chi connectivity index (χ1v) is 6.37. The summed E-state index contributed by atoms with van der Waals surface area (Å²) in [5, 5.41) is 12.8. The minimum Gasteiger partial charge on any atom is -0.473 e. The predicted molar refractivity (Wildman–Crippen MR) is 61.6 cm³/mol.